The SMILES string of the molecule is CC(C)Oc1ccc(N2CCO[C@H]([C@@H](O)C(=O)Nc3ccc4c(N(C(=O)OC(C)(C)C)C(=O)OC(C)(C)C)nccc4c3)C2=O)cc1. The van der Waals surface area contributed by atoms with E-state index in [9.17, 15) is 24.3 Å². The number of nitrogens with zero attached hydrogens (tertiary/aromatic N) is 3. The van der Waals surface area contributed by atoms with Gasteiger partial charge in [-0.25, -0.2) is 14.6 Å². The van der Waals surface area contributed by atoms with Gasteiger partial charge in [-0.2, -0.15) is 4.90 Å². The summed E-state index contributed by atoms with van der Waals surface area (Å²) in [6, 6.07) is 13.2. The number of fused-ring (bicyclic) bond motifs is 1. The molecule has 1 aliphatic rings. The average Bonchev–Trinajstić information content (AvgIpc) is 2.95. The number of hydrogen-bond acceptors (Lipinski definition) is 10. The first-order valence-electron chi connectivity index (χ1n) is 15.3. The molecule has 0 bridgehead atoms. The number of carbonyl (C=O) groups excluding carboxylic acids is 4. The van der Waals surface area contributed by atoms with Gasteiger partial charge in [-0.1, -0.05) is 0 Å². The number of aromatic nitrogens is 1. The maximum atomic E-state index is 13.3. The third kappa shape index (κ3) is 8.95. The Labute approximate surface area is 273 Å². The van der Waals surface area contributed by atoms with Crippen LogP contribution in [-0.2, 0) is 23.8 Å². The maximum Gasteiger partial charge on any atom is 0.425 e. The summed E-state index contributed by atoms with van der Waals surface area (Å²) in [5, 5.41) is 14.4. The summed E-state index contributed by atoms with van der Waals surface area (Å²) in [5.41, 5.74) is -0.958. The lowest BCUT2D eigenvalue weighted by atomic mass is 10.1. The van der Waals surface area contributed by atoms with E-state index in [1.807, 2.05) is 13.8 Å². The molecule has 13 heteroatoms. The first-order chi connectivity index (χ1) is 21.9. The molecule has 0 spiro atoms. The van der Waals surface area contributed by atoms with E-state index in [-0.39, 0.29) is 30.8 Å². The number of morpholine rings is 1. The summed E-state index contributed by atoms with van der Waals surface area (Å²) in [6.07, 6.45) is -3.80. The smallest absolute Gasteiger partial charge is 0.425 e. The van der Waals surface area contributed by atoms with Crippen LogP contribution in [0.25, 0.3) is 10.8 Å². The molecule has 0 saturated carbocycles. The predicted molar refractivity (Wildman–Crippen MR) is 176 cm³/mol. The van der Waals surface area contributed by atoms with Crippen LogP contribution in [0.1, 0.15) is 55.4 Å². The fourth-order valence-electron chi connectivity index (χ4n) is 4.70. The van der Waals surface area contributed by atoms with Gasteiger partial charge in [0.15, 0.2) is 18.0 Å². The summed E-state index contributed by atoms with van der Waals surface area (Å²) >= 11 is 0. The number of aliphatic hydroxyl groups is 1. The van der Waals surface area contributed by atoms with Crippen molar-refractivity contribution in [2.24, 2.45) is 0 Å². The molecule has 4 rings (SSSR count). The second-order valence-corrected chi connectivity index (χ2v) is 13.2. The van der Waals surface area contributed by atoms with Crippen molar-refractivity contribution >= 4 is 52.0 Å². The maximum absolute atomic E-state index is 13.3. The molecule has 2 N–H and O–H groups in total. The van der Waals surface area contributed by atoms with E-state index in [2.05, 4.69) is 10.3 Å². The second-order valence-electron chi connectivity index (χ2n) is 13.2. The molecular formula is C34H42N4O9. The van der Waals surface area contributed by atoms with E-state index in [1.54, 1.807) is 84.0 Å². The van der Waals surface area contributed by atoms with Crippen LogP contribution in [0.3, 0.4) is 0 Å². The highest BCUT2D eigenvalue weighted by atomic mass is 16.6. The van der Waals surface area contributed by atoms with Gasteiger partial charge in [-0.3, -0.25) is 9.59 Å². The lowest BCUT2D eigenvalue weighted by Crippen LogP contribution is -2.55. The fourth-order valence-corrected chi connectivity index (χ4v) is 4.70. The van der Waals surface area contributed by atoms with E-state index >= 15 is 0 Å². The monoisotopic (exact) mass is 650 g/mol. The highest BCUT2D eigenvalue weighted by Gasteiger charge is 2.40. The Bertz CT molecular complexity index is 1600. The van der Waals surface area contributed by atoms with Crippen molar-refractivity contribution in [1.29, 1.82) is 0 Å². The van der Waals surface area contributed by atoms with Gasteiger partial charge in [0, 0.05) is 29.5 Å². The Morgan fingerprint density at radius 2 is 1.60 bits per heavy atom. The van der Waals surface area contributed by atoms with Crippen LogP contribution in [0.4, 0.5) is 26.8 Å². The van der Waals surface area contributed by atoms with Crippen LogP contribution in [0.2, 0.25) is 0 Å². The molecule has 4 amide bonds. The fraction of sp³-hybridized carbons (Fsp3) is 0.441. The number of imide groups is 1. The van der Waals surface area contributed by atoms with Crippen LogP contribution in [0, 0.1) is 0 Å². The number of anilines is 3. The average molecular weight is 651 g/mol. The lowest BCUT2D eigenvalue weighted by Gasteiger charge is -2.34. The van der Waals surface area contributed by atoms with Gasteiger partial charge in [0.2, 0.25) is 0 Å². The first-order valence-corrected chi connectivity index (χ1v) is 15.3. The summed E-state index contributed by atoms with van der Waals surface area (Å²) in [6.45, 7) is 14.2. The summed E-state index contributed by atoms with van der Waals surface area (Å²) in [4.78, 5) is 59.3. The molecule has 0 unspecified atom stereocenters. The van der Waals surface area contributed by atoms with Gasteiger partial charge in [-0.15, -0.1) is 0 Å². The number of hydrogen-bond donors (Lipinski definition) is 2. The van der Waals surface area contributed by atoms with Crippen LogP contribution in [0.15, 0.2) is 54.7 Å². The van der Waals surface area contributed by atoms with Crippen LogP contribution < -0.4 is 19.9 Å². The van der Waals surface area contributed by atoms with Crippen molar-refractivity contribution in [1.82, 2.24) is 4.98 Å². The van der Waals surface area contributed by atoms with Crippen molar-refractivity contribution in [3.8, 4) is 5.75 Å². The van der Waals surface area contributed by atoms with E-state index in [1.165, 1.54) is 17.2 Å². The lowest BCUT2D eigenvalue weighted by molar-refractivity contribution is -0.150. The van der Waals surface area contributed by atoms with Crippen molar-refractivity contribution in [3.63, 3.8) is 0 Å². The topological polar surface area (TPSA) is 157 Å². The third-order valence-corrected chi connectivity index (χ3v) is 6.57. The highest BCUT2D eigenvalue weighted by Crippen LogP contribution is 2.30. The number of ether oxygens (including phenoxy) is 4. The Kier molecular flexibility index (Phi) is 10.4. The highest BCUT2D eigenvalue weighted by molar-refractivity contribution is 6.14. The predicted octanol–water partition coefficient (Wildman–Crippen LogP) is 5.43. The molecule has 13 nitrogen and oxygen atoms in total. The van der Waals surface area contributed by atoms with Gasteiger partial charge >= 0.3 is 12.2 Å². The van der Waals surface area contributed by atoms with Gasteiger partial charge in [0.05, 0.1) is 12.7 Å². The number of benzene rings is 2. The standard InChI is InChI=1S/C34H42N4O9/c1-20(2)45-24-12-10-23(11-13-24)37-17-18-44-27(30(37)41)26(39)29(40)36-22-9-14-25-21(19-22)15-16-35-28(25)38(31(42)46-33(3,4)5)32(43)47-34(6,7)8/h9-16,19-20,26-27,39H,17-18H2,1-8H3,(H,36,40)/t26-,27-/m1/s1. The minimum atomic E-state index is -1.81. The van der Waals surface area contributed by atoms with E-state index in [0.717, 1.165) is 4.90 Å². The summed E-state index contributed by atoms with van der Waals surface area (Å²) < 4.78 is 22.2. The number of aliphatic hydroxyl groups excluding tert-OH is 1. The number of rotatable bonds is 7. The Hall–Kier alpha value is -4.75. The van der Waals surface area contributed by atoms with E-state index < -0.39 is 47.4 Å². The molecule has 1 saturated heterocycles. The normalized spacial score (nSPS) is 16.1. The largest absolute Gasteiger partial charge is 0.491 e. The Balaban J connectivity index is 1.53. The third-order valence-electron chi connectivity index (χ3n) is 6.57. The van der Waals surface area contributed by atoms with E-state index in [4.69, 9.17) is 18.9 Å². The summed E-state index contributed by atoms with van der Waals surface area (Å²) in [7, 11) is 0. The van der Waals surface area contributed by atoms with E-state index in [0.29, 0.717) is 22.2 Å². The molecule has 47 heavy (non-hydrogen) atoms. The molecule has 252 valence electrons. The van der Waals surface area contributed by atoms with Gasteiger partial charge in [0.25, 0.3) is 11.8 Å². The van der Waals surface area contributed by atoms with Crippen molar-refractivity contribution < 1.29 is 43.2 Å². The van der Waals surface area contributed by atoms with Crippen LogP contribution in [0.5, 0.6) is 5.75 Å². The molecule has 1 aromatic heterocycles. The number of pyridine rings is 1. The molecule has 1 fully saturated rings. The molecule has 0 radical (unpaired) electrons. The van der Waals surface area contributed by atoms with Crippen molar-refractivity contribution in [3.05, 3.63) is 54.7 Å². The Morgan fingerprint density at radius 3 is 2.17 bits per heavy atom. The van der Waals surface area contributed by atoms with Crippen molar-refractivity contribution in [2.45, 2.75) is 84.9 Å². The zero-order valence-electron chi connectivity index (χ0n) is 27.9. The number of nitrogens with one attached hydrogen (secondary N) is 1. The number of amides is 4. The zero-order chi connectivity index (χ0) is 34.7. The first kappa shape index (κ1) is 35.1. The molecule has 0 aliphatic carbocycles. The van der Waals surface area contributed by atoms with Gasteiger partial charge < -0.3 is 34.3 Å². The quantitative estimate of drug-likeness (QED) is 0.338. The van der Waals surface area contributed by atoms with Crippen LogP contribution in [-0.4, -0.2) is 76.8 Å². The molecule has 2 aromatic carbocycles. The Morgan fingerprint density at radius 1 is 0.979 bits per heavy atom. The zero-order valence-corrected chi connectivity index (χ0v) is 27.9. The number of carbonyl (C=O) groups is 4. The second kappa shape index (κ2) is 13.9. The molecule has 1 aliphatic heterocycles. The minimum absolute atomic E-state index is 0.00519. The molecule has 2 atom stereocenters. The summed E-state index contributed by atoms with van der Waals surface area (Å²) in [5.74, 6) is -0.797. The minimum Gasteiger partial charge on any atom is -0.491 e. The molecular weight excluding hydrogens is 608 g/mol. The van der Waals surface area contributed by atoms with Crippen molar-refractivity contribution in [2.75, 3.05) is 28.3 Å². The van der Waals surface area contributed by atoms with Gasteiger partial charge in [0.1, 0.15) is 17.0 Å². The molecule has 3 aromatic rings. The van der Waals surface area contributed by atoms with Crippen LogP contribution >= 0.6 is 0 Å². The molecule has 2 heterocycles. The van der Waals surface area contributed by atoms with Gasteiger partial charge in [-0.05, 0) is 109 Å².